The molecule has 2 heterocycles. The van der Waals surface area contributed by atoms with Crippen LogP contribution < -0.4 is 16.4 Å². The average molecular weight is 325 g/mol. The lowest BCUT2D eigenvalue weighted by molar-refractivity contribution is 0.0963. The van der Waals surface area contributed by atoms with E-state index in [2.05, 4.69) is 25.9 Å². The van der Waals surface area contributed by atoms with E-state index in [9.17, 15) is 9.59 Å². The van der Waals surface area contributed by atoms with E-state index in [1.165, 1.54) is 17.8 Å². The molecule has 4 N–H and O–H groups in total. The fraction of sp³-hybridized carbons (Fsp3) is 0.133. The molecule has 9 nitrogen and oxygen atoms in total. The van der Waals surface area contributed by atoms with Gasteiger partial charge in [-0.2, -0.15) is 9.61 Å². The number of carbonyl (C=O) groups is 2. The molecule has 0 spiro atoms. The second kappa shape index (κ2) is 5.95. The van der Waals surface area contributed by atoms with Gasteiger partial charge in [0.2, 0.25) is 0 Å². The number of nitrogens with two attached hydrogens (primary N) is 1. The Morgan fingerprint density at radius 2 is 1.92 bits per heavy atom. The number of hydrogen-bond donors (Lipinski definition) is 3. The predicted octanol–water partition coefficient (Wildman–Crippen LogP) is 0.627. The Kier molecular flexibility index (Phi) is 3.82. The van der Waals surface area contributed by atoms with Crippen LogP contribution in [0.1, 0.15) is 26.4 Å². The standard InChI is InChI=1S/C15H15N7O2/c1-8-5-3-4-6-10(8)19-15(24)11-12(16)22-13(21-20-11)9(7-18-22)14(23)17-2/h3-7H,16H2,1-2H3,(H,17,23)(H,19,24). The van der Waals surface area contributed by atoms with Crippen LogP contribution in [0.25, 0.3) is 5.65 Å². The van der Waals surface area contributed by atoms with E-state index in [1.54, 1.807) is 6.07 Å². The number of benzene rings is 1. The summed E-state index contributed by atoms with van der Waals surface area (Å²) >= 11 is 0. The number of hydrogen-bond acceptors (Lipinski definition) is 6. The molecule has 0 saturated carbocycles. The monoisotopic (exact) mass is 325 g/mol. The molecule has 0 unspecified atom stereocenters. The van der Waals surface area contributed by atoms with Gasteiger partial charge in [0.1, 0.15) is 5.56 Å². The van der Waals surface area contributed by atoms with Crippen molar-refractivity contribution in [2.45, 2.75) is 6.92 Å². The maximum atomic E-state index is 12.4. The van der Waals surface area contributed by atoms with Gasteiger partial charge in [-0.3, -0.25) is 9.59 Å². The summed E-state index contributed by atoms with van der Waals surface area (Å²) in [6, 6.07) is 7.32. The zero-order valence-corrected chi connectivity index (χ0v) is 13.1. The van der Waals surface area contributed by atoms with Crippen molar-refractivity contribution in [3.8, 4) is 0 Å². The molecule has 3 aromatic rings. The number of aryl methyl sites for hydroxylation is 1. The maximum Gasteiger partial charge on any atom is 0.280 e. The zero-order chi connectivity index (χ0) is 17.3. The first-order valence-corrected chi connectivity index (χ1v) is 7.12. The molecule has 0 aliphatic carbocycles. The van der Waals surface area contributed by atoms with Crippen molar-refractivity contribution < 1.29 is 9.59 Å². The molecule has 0 aliphatic heterocycles. The molecule has 122 valence electrons. The quantitative estimate of drug-likeness (QED) is 0.648. The molecule has 3 rings (SSSR count). The highest BCUT2D eigenvalue weighted by Gasteiger charge is 2.20. The molecular formula is C15H15N7O2. The van der Waals surface area contributed by atoms with Crippen molar-refractivity contribution in [2.24, 2.45) is 0 Å². The van der Waals surface area contributed by atoms with E-state index >= 15 is 0 Å². The van der Waals surface area contributed by atoms with Crippen molar-refractivity contribution in [3.05, 3.63) is 47.3 Å². The Labute approximate surface area is 136 Å². The van der Waals surface area contributed by atoms with Crippen LogP contribution in [-0.2, 0) is 0 Å². The minimum Gasteiger partial charge on any atom is -0.382 e. The van der Waals surface area contributed by atoms with Gasteiger partial charge < -0.3 is 16.4 Å². The summed E-state index contributed by atoms with van der Waals surface area (Å²) < 4.78 is 1.21. The Bertz CT molecular complexity index is 948. The van der Waals surface area contributed by atoms with Crippen LogP contribution in [0.15, 0.2) is 30.5 Å². The van der Waals surface area contributed by atoms with Crippen LogP contribution >= 0.6 is 0 Å². The van der Waals surface area contributed by atoms with Gasteiger partial charge in [0.25, 0.3) is 11.8 Å². The fourth-order valence-corrected chi connectivity index (χ4v) is 2.21. The molecule has 1 aromatic carbocycles. The van der Waals surface area contributed by atoms with Crippen LogP contribution in [0.2, 0.25) is 0 Å². The molecule has 0 radical (unpaired) electrons. The third-order valence-electron chi connectivity index (χ3n) is 3.54. The average Bonchev–Trinajstić information content (AvgIpc) is 3.01. The fourth-order valence-electron chi connectivity index (χ4n) is 2.21. The van der Waals surface area contributed by atoms with Crippen molar-refractivity contribution in [1.29, 1.82) is 0 Å². The Morgan fingerprint density at radius 1 is 1.17 bits per heavy atom. The highest BCUT2D eigenvalue weighted by molar-refractivity contribution is 6.06. The molecule has 0 fully saturated rings. The minimum atomic E-state index is -0.506. The number of carbonyl (C=O) groups excluding carboxylic acids is 2. The number of anilines is 2. The van der Waals surface area contributed by atoms with E-state index in [1.807, 2.05) is 25.1 Å². The first-order chi connectivity index (χ1) is 11.5. The normalized spacial score (nSPS) is 10.6. The lowest BCUT2D eigenvalue weighted by atomic mass is 10.2. The molecule has 24 heavy (non-hydrogen) atoms. The number of nitrogens with one attached hydrogen (secondary N) is 2. The summed E-state index contributed by atoms with van der Waals surface area (Å²) in [7, 11) is 1.49. The molecular weight excluding hydrogens is 310 g/mol. The summed E-state index contributed by atoms with van der Waals surface area (Å²) in [5, 5.41) is 17.0. The lowest BCUT2D eigenvalue weighted by Crippen LogP contribution is -2.21. The highest BCUT2D eigenvalue weighted by atomic mass is 16.2. The van der Waals surface area contributed by atoms with E-state index in [0.29, 0.717) is 5.69 Å². The van der Waals surface area contributed by atoms with Gasteiger partial charge in [-0.15, -0.1) is 10.2 Å². The van der Waals surface area contributed by atoms with Gasteiger partial charge in [-0.05, 0) is 18.6 Å². The number of para-hydroxylation sites is 1. The number of amides is 2. The highest BCUT2D eigenvalue weighted by Crippen LogP contribution is 2.17. The van der Waals surface area contributed by atoms with Crippen LogP contribution in [-0.4, -0.2) is 38.7 Å². The first kappa shape index (κ1) is 15.4. The van der Waals surface area contributed by atoms with Gasteiger partial charge in [0, 0.05) is 12.7 Å². The summed E-state index contributed by atoms with van der Waals surface area (Å²) in [6.45, 7) is 1.87. The van der Waals surface area contributed by atoms with Crippen molar-refractivity contribution in [1.82, 2.24) is 25.1 Å². The Morgan fingerprint density at radius 3 is 2.62 bits per heavy atom. The summed E-state index contributed by atoms with van der Waals surface area (Å²) in [5.74, 6) is -0.870. The molecule has 0 bridgehead atoms. The van der Waals surface area contributed by atoms with Gasteiger partial charge in [0.15, 0.2) is 17.2 Å². The number of fused-ring (bicyclic) bond motifs is 1. The Balaban J connectivity index is 1.99. The molecule has 2 amide bonds. The summed E-state index contributed by atoms with van der Waals surface area (Å²) in [5.41, 5.74) is 7.86. The van der Waals surface area contributed by atoms with Crippen LogP contribution in [0.3, 0.4) is 0 Å². The van der Waals surface area contributed by atoms with Gasteiger partial charge in [0.05, 0.1) is 6.20 Å². The molecule has 0 aliphatic rings. The molecule has 9 heteroatoms. The number of nitrogen functional groups attached to an aromatic ring is 1. The zero-order valence-electron chi connectivity index (χ0n) is 13.1. The summed E-state index contributed by atoms with van der Waals surface area (Å²) in [4.78, 5) is 24.2. The van der Waals surface area contributed by atoms with Crippen LogP contribution in [0.4, 0.5) is 11.5 Å². The summed E-state index contributed by atoms with van der Waals surface area (Å²) in [6.07, 6.45) is 1.32. The van der Waals surface area contributed by atoms with Gasteiger partial charge in [-0.1, -0.05) is 18.2 Å². The molecule has 2 aromatic heterocycles. The molecule has 0 saturated heterocycles. The number of nitrogens with zero attached hydrogens (tertiary/aromatic N) is 4. The predicted molar refractivity (Wildman–Crippen MR) is 87.7 cm³/mol. The van der Waals surface area contributed by atoms with E-state index < -0.39 is 5.91 Å². The van der Waals surface area contributed by atoms with E-state index in [4.69, 9.17) is 5.73 Å². The van der Waals surface area contributed by atoms with Crippen molar-refractivity contribution in [3.63, 3.8) is 0 Å². The van der Waals surface area contributed by atoms with Crippen molar-refractivity contribution in [2.75, 3.05) is 18.1 Å². The van der Waals surface area contributed by atoms with Gasteiger partial charge in [-0.25, -0.2) is 0 Å². The maximum absolute atomic E-state index is 12.4. The third kappa shape index (κ3) is 2.51. The SMILES string of the molecule is CNC(=O)c1cnn2c(N)c(C(=O)Nc3ccccc3C)nnc12. The van der Waals surface area contributed by atoms with E-state index in [0.717, 1.165) is 5.56 Å². The van der Waals surface area contributed by atoms with Gasteiger partial charge >= 0.3 is 0 Å². The Hall–Kier alpha value is -3.49. The largest absolute Gasteiger partial charge is 0.382 e. The second-order valence-electron chi connectivity index (χ2n) is 5.08. The second-order valence-corrected chi connectivity index (χ2v) is 5.08. The third-order valence-corrected chi connectivity index (χ3v) is 3.54. The minimum absolute atomic E-state index is 0.00115. The number of aromatic nitrogens is 4. The molecule has 0 atom stereocenters. The first-order valence-electron chi connectivity index (χ1n) is 7.12. The topological polar surface area (TPSA) is 127 Å². The van der Waals surface area contributed by atoms with E-state index in [-0.39, 0.29) is 28.6 Å². The van der Waals surface area contributed by atoms with Crippen LogP contribution in [0, 0.1) is 6.92 Å². The lowest BCUT2D eigenvalue weighted by Gasteiger charge is -2.09. The van der Waals surface area contributed by atoms with Crippen LogP contribution in [0.5, 0.6) is 0 Å². The number of rotatable bonds is 3. The van der Waals surface area contributed by atoms with Crippen molar-refractivity contribution >= 4 is 29.0 Å². The smallest absolute Gasteiger partial charge is 0.280 e.